The molecule has 1 atom stereocenters. The number of amides is 1. The standard InChI is InChI=1S/C23H17ClF9N3O2/c1-10-4-11(2-3-15(10)19(37)34-14-5-12(6-14)21(25,26)27)16-9-20(38-36-16,23(31,32)33)17-7-13(24)8-18(35-17)22(28,29)30/h2-4,7-8,12,14H,5-6,9H2,1H3,(H,34,37)/t12-,14-,20-/m1/s1. The summed E-state index contributed by atoms with van der Waals surface area (Å²) in [4.78, 5) is 20.3. The molecule has 1 aliphatic carbocycles. The molecule has 2 aromatic rings. The van der Waals surface area contributed by atoms with Gasteiger partial charge in [0.1, 0.15) is 5.69 Å². The molecule has 1 fully saturated rings. The van der Waals surface area contributed by atoms with E-state index in [0.29, 0.717) is 12.1 Å². The number of rotatable bonds is 4. The first-order chi connectivity index (χ1) is 17.4. The molecule has 38 heavy (non-hydrogen) atoms. The van der Waals surface area contributed by atoms with E-state index < -0.39 is 64.8 Å². The fourth-order valence-electron chi connectivity index (χ4n) is 4.24. The van der Waals surface area contributed by atoms with Crippen LogP contribution in [-0.2, 0) is 16.6 Å². The fourth-order valence-corrected chi connectivity index (χ4v) is 4.44. The molecule has 0 saturated heterocycles. The third-order valence-corrected chi connectivity index (χ3v) is 6.64. The summed E-state index contributed by atoms with van der Waals surface area (Å²) >= 11 is 5.65. The molecule has 2 heterocycles. The van der Waals surface area contributed by atoms with Gasteiger partial charge in [-0.25, -0.2) is 4.98 Å². The molecule has 1 aromatic heterocycles. The minimum absolute atomic E-state index is 0.0807. The van der Waals surface area contributed by atoms with E-state index in [1.807, 2.05) is 0 Å². The van der Waals surface area contributed by atoms with Crippen molar-refractivity contribution < 1.29 is 49.1 Å². The lowest BCUT2D eigenvalue weighted by molar-refractivity contribution is -0.277. The van der Waals surface area contributed by atoms with Crippen LogP contribution in [0.1, 0.15) is 52.1 Å². The highest BCUT2D eigenvalue weighted by Gasteiger charge is 2.64. The third-order valence-electron chi connectivity index (χ3n) is 6.42. The van der Waals surface area contributed by atoms with Crippen LogP contribution < -0.4 is 5.32 Å². The van der Waals surface area contributed by atoms with Crippen LogP contribution in [0.15, 0.2) is 35.5 Å². The van der Waals surface area contributed by atoms with Gasteiger partial charge in [-0.05, 0) is 55.2 Å². The number of hydrogen-bond acceptors (Lipinski definition) is 4. The van der Waals surface area contributed by atoms with Gasteiger partial charge in [0.25, 0.3) is 11.5 Å². The van der Waals surface area contributed by atoms with E-state index in [-0.39, 0.29) is 35.2 Å². The van der Waals surface area contributed by atoms with Gasteiger partial charge >= 0.3 is 18.5 Å². The maximum atomic E-state index is 14.2. The topological polar surface area (TPSA) is 63.6 Å². The molecule has 1 aromatic carbocycles. The molecular formula is C23H17ClF9N3O2. The first-order valence-electron chi connectivity index (χ1n) is 11.0. The van der Waals surface area contributed by atoms with Crippen molar-refractivity contribution in [1.82, 2.24) is 10.3 Å². The zero-order valence-corrected chi connectivity index (χ0v) is 19.9. The number of nitrogens with one attached hydrogen (secondary N) is 1. The zero-order chi connectivity index (χ0) is 28.3. The Hall–Kier alpha value is -3.03. The molecule has 0 radical (unpaired) electrons. The van der Waals surface area contributed by atoms with Crippen LogP contribution in [-0.4, -0.2) is 35.0 Å². The lowest BCUT2D eigenvalue weighted by atomic mass is 9.79. The minimum atomic E-state index is -5.25. The first kappa shape index (κ1) is 28.0. The average molecular weight is 574 g/mol. The van der Waals surface area contributed by atoms with Crippen molar-refractivity contribution in [3.63, 3.8) is 0 Å². The summed E-state index contributed by atoms with van der Waals surface area (Å²) in [5.74, 6) is -2.15. The number of halogens is 10. The second-order valence-corrected chi connectivity index (χ2v) is 9.53. The van der Waals surface area contributed by atoms with Gasteiger partial charge in [0, 0.05) is 16.6 Å². The van der Waals surface area contributed by atoms with Gasteiger partial charge in [-0.15, -0.1) is 0 Å². The molecule has 2 aliphatic rings. The van der Waals surface area contributed by atoms with Crippen molar-refractivity contribution in [3.8, 4) is 0 Å². The molecule has 4 rings (SSSR count). The highest BCUT2D eigenvalue weighted by atomic mass is 35.5. The Kier molecular flexibility index (Phi) is 6.86. The van der Waals surface area contributed by atoms with Crippen LogP contribution >= 0.6 is 11.6 Å². The number of aromatic nitrogens is 1. The molecule has 15 heteroatoms. The number of oxime groups is 1. The van der Waals surface area contributed by atoms with Gasteiger partial charge < -0.3 is 10.2 Å². The monoisotopic (exact) mass is 573 g/mol. The van der Waals surface area contributed by atoms with Gasteiger partial charge in [0.2, 0.25) is 0 Å². The second-order valence-electron chi connectivity index (χ2n) is 9.09. The molecule has 1 amide bonds. The third kappa shape index (κ3) is 5.27. The number of aryl methyl sites for hydroxylation is 1. The van der Waals surface area contributed by atoms with Crippen LogP contribution in [0.5, 0.6) is 0 Å². The van der Waals surface area contributed by atoms with Crippen molar-refractivity contribution in [3.05, 3.63) is 63.4 Å². The van der Waals surface area contributed by atoms with E-state index in [1.165, 1.54) is 25.1 Å². The van der Waals surface area contributed by atoms with E-state index in [1.54, 1.807) is 0 Å². The van der Waals surface area contributed by atoms with Crippen molar-refractivity contribution in [1.29, 1.82) is 0 Å². The van der Waals surface area contributed by atoms with Crippen LogP contribution in [0, 0.1) is 12.8 Å². The highest BCUT2D eigenvalue weighted by Crippen LogP contribution is 2.49. The summed E-state index contributed by atoms with van der Waals surface area (Å²) in [5.41, 5.74) is -5.95. The summed E-state index contributed by atoms with van der Waals surface area (Å²) in [6.45, 7) is 1.46. The maximum absolute atomic E-state index is 14.2. The molecule has 0 unspecified atom stereocenters. The van der Waals surface area contributed by atoms with Crippen molar-refractivity contribution in [2.45, 2.75) is 56.4 Å². The number of carbonyl (C=O) groups is 1. The molecule has 0 bridgehead atoms. The van der Waals surface area contributed by atoms with Crippen LogP contribution in [0.2, 0.25) is 5.02 Å². The number of nitrogens with zero attached hydrogens (tertiary/aromatic N) is 2. The number of hydrogen-bond donors (Lipinski definition) is 1. The molecular weight excluding hydrogens is 557 g/mol. The molecule has 1 N–H and O–H groups in total. The summed E-state index contributed by atoms with van der Waals surface area (Å²) in [5, 5.41) is 5.32. The van der Waals surface area contributed by atoms with Crippen molar-refractivity contribution >= 4 is 23.2 Å². The van der Waals surface area contributed by atoms with Gasteiger partial charge in [0.15, 0.2) is 0 Å². The average Bonchev–Trinajstić information content (AvgIpc) is 3.21. The summed E-state index contributed by atoms with van der Waals surface area (Å²) in [6, 6.07) is 4.16. The van der Waals surface area contributed by atoms with E-state index in [0.717, 1.165) is 0 Å². The van der Waals surface area contributed by atoms with Crippen molar-refractivity contribution in [2.24, 2.45) is 11.1 Å². The number of carbonyl (C=O) groups excluding carboxylic acids is 1. The smallest absolute Gasteiger partial charge is 0.372 e. The quantitative estimate of drug-likeness (QED) is 0.413. The Morgan fingerprint density at radius 3 is 2.26 bits per heavy atom. The molecule has 206 valence electrons. The Morgan fingerprint density at radius 2 is 1.71 bits per heavy atom. The maximum Gasteiger partial charge on any atom is 0.437 e. The normalized spacial score (nSPS) is 23.9. The van der Waals surface area contributed by atoms with Gasteiger partial charge in [0.05, 0.1) is 23.7 Å². The Morgan fingerprint density at radius 1 is 1.05 bits per heavy atom. The van der Waals surface area contributed by atoms with E-state index >= 15 is 0 Å². The zero-order valence-electron chi connectivity index (χ0n) is 19.2. The van der Waals surface area contributed by atoms with Crippen LogP contribution in [0.3, 0.4) is 0 Å². The SMILES string of the molecule is Cc1cc(C2=NO[C@](c3cc(Cl)cc(C(F)(F)F)n3)(C(F)(F)F)C2)ccc1C(=O)N[C@H]1C[C@H](C(F)(F)F)C1. The lowest BCUT2D eigenvalue weighted by Crippen LogP contribution is -2.49. The van der Waals surface area contributed by atoms with Crippen LogP contribution in [0.4, 0.5) is 39.5 Å². The van der Waals surface area contributed by atoms with E-state index in [4.69, 9.17) is 16.4 Å². The lowest BCUT2D eigenvalue weighted by Gasteiger charge is -2.36. The number of alkyl halides is 9. The fraction of sp³-hybridized carbons (Fsp3) is 0.435. The molecule has 1 saturated carbocycles. The summed E-state index contributed by atoms with van der Waals surface area (Å²) in [7, 11) is 0. The molecule has 1 aliphatic heterocycles. The Bertz CT molecular complexity index is 1280. The number of benzene rings is 1. The highest BCUT2D eigenvalue weighted by molar-refractivity contribution is 6.30. The van der Waals surface area contributed by atoms with E-state index in [2.05, 4.69) is 15.5 Å². The van der Waals surface area contributed by atoms with Gasteiger partial charge in [-0.3, -0.25) is 4.79 Å². The predicted molar refractivity (Wildman–Crippen MR) is 115 cm³/mol. The Labute approximate surface area is 214 Å². The number of pyridine rings is 1. The van der Waals surface area contributed by atoms with Gasteiger partial charge in [-0.2, -0.15) is 39.5 Å². The second kappa shape index (κ2) is 9.31. The van der Waals surface area contributed by atoms with E-state index in [9.17, 15) is 44.3 Å². The first-order valence-corrected chi connectivity index (χ1v) is 11.3. The largest absolute Gasteiger partial charge is 0.437 e. The van der Waals surface area contributed by atoms with Gasteiger partial charge in [-0.1, -0.05) is 22.8 Å². The van der Waals surface area contributed by atoms with Crippen molar-refractivity contribution in [2.75, 3.05) is 0 Å². The molecule has 5 nitrogen and oxygen atoms in total. The van der Waals surface area contributed by atoms with Crippen LogP contribution in [0.25, 0.3) is 0 Å². The summed E-state index contributed by atoms with van der Waals surface area (Å²) < 4.78 is 120. The predicted octanol–water partition coefficient (Wildman–Crippen LogP) is 6.72. The Balaban J connectivity index is 1.55. The summed E-state index contributed by atoms with van der Waals surface area (Å²) in [6.07, 6.45) is -16.2. The molecule has 0 spiro atoms. The minimum Gasteiger partial charge on any atom is -0.372 e.